The molecule has 1 aromatic heterocycles. The summed E-state index contributed by atoms with van der Waals surface area (Å²) in [6, 6.07) is 14.8. The highest BCUT2D eigenvalue weighted by molar-refractivity contribution is 6.30. The van der Waals surface area contributed by atoms with Crippen LogP contribution in [0.3, 0.4) is 0 Å². The lowest BCUT2D eigenvalue weighted by molar-refractivity contribution is 0.207. The van der Waals surface area contributed by atoms with Gasteiger partial charge in [-0.15, -0.1) is 0 Å². The van der Waals surface area contributed by atoms with Gasteiger partial charge in [-0.25, -0.2) is 4.79 Å². The number of carbonyl (C=O) groups excluding carboxylic acids is 1. The Morgan fingerprint density at radius 3 is 2.45 bits per heavy atom. The minimum Gasteiger partial charge on any atom is -0.334 e. The van der Waals surface area contributed by atoms with Crippen LogP contribution in [0.5, 0.6) is 0 Å². The summed E-state index contributed by atoms with van der Waals surface area (Å²) in [6.07, 6.45) is 0. The Labute approximate surface area is 174 Å². The molecule has 2 amide bonds. The molecule has 6 nitrogen and oxygen atoms in total. The molecule has 1 unspecified atom stereocenters. The first-order valence-electron chi connectivity index (χ1n) is 9.43. The number of hydrogen-bond acceptors (Lipinski definition) is 4. The van der Waals surface area contributed by atoms with Crippen LogP contribution >= 0.6 is 11.6 Å². The van der Waals surface area contributed by atoms with E-state index < -0.39 is 0 Å². The molecule has 2 aromatic carbocycles. The SMILES string of the molecule is CCN1C(=O)NC(c2ccc(C)cc2)C(c2nc(-c3ccc(Cl)cc3)no2)=C1C. The van der Waals surface area contributed by atoms with Gasteiger partial charge in [0, 0.05) is 22.8 Å². The maximum absolute atomic E-state index is 12.6. The van der Waals surface area contributed by atoms with Crippen LogP contribution in [0.1, 0.15) is 36.9 Å². The fourth-order valence-electron chi connectivity index (χ4n) is 3.50. The Bertz CT molecular complexity index is 1070. The number of amides is 2. The van der Waals surface area contributed by atoms with E-state index in [9.17, 15) is 4.79 Å². The van der Waals surface area contributed by atoms with Crippen LogP contribution in [0.25, 0.3) is 17.0 Å². The molecule has 3 aromatic rings. The number of hydrogen-bond donors (Lipinski definition) is 1. The molecule has 0 saturated heterocycles. The minimum atomic E-state index is -0.371. The van der Waals surface area contributed by atoms with Crippen molar-refractivity contribution in [2.24, 2.45) is 0 Å². The summed E-state index contributed by atoms with van der Waals surface area (Å²) < 4.78 is 5.63. The van der Waals surface area contributed by atoms with Crippen LogP contribution in [0.15, 0.2) is 58.8 Å². The zero-order valence-corrected chi connectivity index (χ0v) is 17.2. The molecule has 29 heavy (non-hydrogen) atoms. The first-order valence-corrected chi connectivity index (χ1v) is 9.81. The Morgan fingerprint density at radius 2 is 1.79 bits per heavy atom. The molecule has 4 rings (SSSR count). The molecule has 2 heterocycles. The molecule has 0 saturated carbocycles. The van der Waals surface area contributed by atoms with Crippen LogP contribution in [0.4, 0.5) is 4.79 Å². The number of benzene rings is 2. The highest BCUT2D eigenvalue weighted by atomic mass is 35.5. The van der Waals surface area contributed by atoms with Gasteiger partial charge in [0.15, 0.2) is 0 Å². The number of halogens is 1. The summed E-state index contributed by atoms with van der Waals surface area (Å²) in [5, 5.41) is 7.86. The lowest BCUT2D eigenvalue weighted by Gasteiger charge is -2.34. The molecular formula is C22H21ClN4O2. The van der Waals surface area contributed by atoms with Gasteiger partial charge in [-0.2, -0.15) is 4.98 Å². The van der Waals surface area contributed by atoms with E-state index in [1.807, 2.05) is 57.2 Å². The van der Waals surface area contributed by atoms with E-state index >= 15 is 0 Å². The van der Waals surface area contributed by atoms with Gasteiger partial charge in [0.05, 0.1) is 11.6 Å². The number of carbonyl (C=O) groups is 1. The number of allylic oxidation sites excluding steroid dienone is 1. The van der Waals surface area contributed by atoms with Gasteiger partial charge in [-0.05, 0) is 50.6 Å². The molecule has 1 aliphatic rings. The molecule has 1 atom stereocenters. The average molecular weight is 409 g/mol. The lowest BCUT2D eigenvalue weighted by atomic mass is 9.94. The van der Waals surface area contributed by atoms with E-state index in [0.717, 1.165) is 28.0 Å². The summed E-state index contributed by atoms with van der Waals surface area (Å²) >= 11 is 5.97. The summed E-state index contributed by atoms with van der Waals surface area (Å²) in [7, 11) is 0. The van der Waals surface area contributed by atoms with Gasteiger partial charge in [-0.1, -0.05) is 46.6 Å². The van der Waals surface area contributed by atoms with Gasteiger partial charge in [0.25, 0.3) is 5.89 Å². The molecule has 7 heteroatoms. The van der Waals surface area contributed by atoms with Crippen LogP contribution in [-0.4, -0.2) is 27.6 Å². The molecule has 1 aliphatic heterocycles. The quantitative estimate of drug-likeness (QED) is 0.642. The topological polar surface area (TPSA) is 71.3 Å². The number of nitrogens with one attached hydrogen (secondary N) is 1. The molecule has 0 fully saturated rings. The lowest BCUT2D eigenvalue weighted by Crippen LogP contribution is -2.45. The molecule has 0 aliphatic carbocycles. The van der Waals surface area contributed by atoms with Gasteiger partial charge in [0.1, 0.15) is 0 Å². The number of rotatable bonds is 4. The maximum Gasteiger partial charge on any atom is 0.322 e. The van der Waals surface area contributed by atoms with Crippen molar-refractivity contribution in [1.29, 1.82) is 0 Å². The third kappa shape index (κ3) is 3.63. The molecule has 148 valence electrons. The average Bonchev–Trinajstić information content (AvgIpc) is 3.18. The fraction of sp³-hybridized carbons (Fsp3) is 0.227. The predicted octanol–water partition coefficient (Wildman–Crippen LogP) is 5.22. The second-order valence-electron chi connectivity index (χ2n) is 6.97. The third-order valence-electron chi connectivity index (χ3n) is 5.08. The number of urea groups is 1. The highest BCUT2D eigenvalue weighted by Crippen LogP contribution is 2.37. The number of aryl methyl sites for hydroxylation is 1. The van der Waals surface area contributed by atoms with Gasteiger partial charge < -0.3 is 9.84 Å². The molecular weight excluding hydrogens is 388 g/mol. The number of nitrogens with zero attached hydrogens (tertiary/aromatic N) is 3. The summed E-state index contributed by atoms with van der Waals surface area (Å²) in [5.74, 6) is 0.857. The van der Waals surface area contributed by atoms with Crippen molar-refractivity contribution in [3.8, 4) is 11.4 Å². The zero-order valence-electron chi connectivity index (χ0n) is 16.4. The fourth-order valence-corrected chi connectivity index (χ4v) is 3.62. The molecule has 0 bridgehead atoms. The van der Waals surface area contributed by atoms with E-state index in [2.05, 4.69) is 15.5 Å². The molecule has 0 radical (unpaired) electrons. The van der Waals surface area contributed by atoms with Gasteiger partial charge in [-0.3, -0.25) is 4.90 Å². The van der Waals surface area contributed by atoms with E-state index in [0.29, 0.717) is 23.3 Å². The summed E-state index contributed by atoms with van der Waals surface area (Å²) in [6.45, 7) is 6.41. The zero-order chi connectivity index (χ0) is 20.5. The first-order chi connectivity index (χ1) is 14.0. The monoisotopic (exact) mass is 408 g/mol. The Hall–Kier alpha value is -3.12. The summed E-state index contributed by atoms with van der Waals surface area (Å²) in [5.41, 5.74) is 4.51. The number of aromatic nitrogens is 2. The predicted molar refractivity (Wildman–Crippen MR) is 112 cm³/mol. The van der Waals surface area contributed by atoms with E-state index in [1.165, 1.54) is 0 Å². The molecule has 0 spiro atoms. The van der Waals surface area contributed by atoms with Crippen molar-refractivity contribution < 1.29 is 9.32 Å². The van der Waals surface area contributed by atoms with Crippen molar-refractivity contribution in [1.82, 2.24) is 20.4 Å². The van der Waals surface area contributed by atoms with Crippen molar-refractivity contribution in [2.75, 3.05) is 6.54 Å². The third-order valence-corrected chi connectivity index (χ3v) is 5.33. The first kappa shape index (κ1) is 19.2. The van der Waals surface area contributed by atoms with Crippen LogP contribution < -0.4 is 5.32 Å². The van der Waals surface area contributed by atoms with Gasteiger partial charge in [0.2, 0.25) is 5.82 Å². The standard InChI is InChI=1S/C22H21ClN4O2/c1-4-27-14(3)18(19(24-22(27)28)15-7-5-13(2)6-8-15)21-25-20(26-29-21)16-9-11-17(23)12-10-16/h5-12,19H,4H2,1-3H3,(H,24,28). The van der Waals surface area contributed by atoms with Crippen molar-refractivity contribution in [3.63, 3.8) is 0 Å². The van der Waals surface area contributed by atoms with Crippen molar-refractivity contribution in [2.45, 2.75) is 26.8 Å². The smallest absolute Gasteiger partial charge is 0.322 e. The molecule has 1 N–H and O–H groups in total. The van der Waals surface area contributed by atoms with E-state index in [-0.39, 0.29) is 12.1 Å². The van der Waals surface area contributed by atoms with Crippen molar-refractivity contribution >= 4 is 23.2 Å². The maximum atomic E-state index is 12.6. The minimum absolute atomic E-state index is 0.142. The second kappa shape index (κ2) is 7.72. The summed E-state index contributed by atoms with van der Waals surface area (Å²) in [4.78, 5) is 18.9. The van der Waals surface area contributed by atoms with E-state index in [1.54, 1.807) is 17.0 Å². The normalized spacial score (nSPS) is 16.9. The van der Waals surface area contributed by atoms with Crippen LogP contribution in [-0.2, 0) is 0 Å². The van der Waals surface area contributed by atoms with Gasteiger partial charge >= 0.3 is 6.03 Å². The van der Waals surface area contributed by atoms with Crippen LogP contribution in [0, 0.1) is 6.92 Å². The van der Waals surface area contributed by atoms with Crippen molar-refractivity contribution in [3.05, 3.63) is 76.3 Å². The second-order valence-corrected chi connectivity index (χ2v) is 7.40. The largest absolute Gasteiger partial charge is 0.334 e. The van der Waals surface area contributed by atoms with E-state index in [4.69, 9.17) is 16.1 Å². The Morgan fingerprint density at radius 1 is 1.10 bits per heavy atom. The van der Waals surface area contributed by atoms with Crippen LogP contribution in [0.2, 0.25) is 5.02 Å². The highest BCUT2D eigenvalue weighted by Gasteiger charge is 2.35. The Balaban J connectivity index is 1.80. The Kier molecular flexibility index (Phi) is 5.11.